The van der Waals surface area contributed by atoms with Crippen LogP contribution in [0.3, 0.4) is 0 Å². The largest absolute Gasteiger partial charge is 0.358 e. The smallest absolute Gasteiger partial charge is 0.233 e. The molecule has 0 saturated carbocycles. The molecule has 1 amide bonds. The average molecular weight is 307 g/mol. The number of nitrogens with zero attached hydrogens (tertiary/aromatic N) is 1. The van der Waals surface area contributed by atoms with E-state index in [-0.39, 0.29) is 5.91 Å². The number of hydrogen-bond acceptors (Lipinski definition) is 2. The molecule has 2 N–H and O–H groups in total. The Bertz CT molecular complexity index is 821. The van der Waals surface area contributed by atoms with Gasteiger partial charge in [-0.25, -0.2) is 0 Å². The highest BCUT2D eigenvalue weighted by molar-refractivity contribution is 5.91. The van der Waals surface area contributed by atoms with E-state index >= 15 is 0 Å². The maximum absolute atomic E-state index is 11.4. The quantitative estimate of drug-likeness (QED) is 0.761. The first-order chi connectivity index (χ1) is 11.2. The number of aryl methyl sites for hydroxylation is 1. The minimum Gasteiger partial charge on any atom is -0.358 e. The molecule has 0 spiro atoms. The van der Waals surface area contributed by atoms with Gasteiger partial charge in [0, 0.05) is 31.5 Å². The Kier molecular flexibility index (Phi) is 4.44. The second-order valence-electron chi connectivity index (χ2n) is 5.55. The van der Waals surface area contributed by atoms with Gasteiger partial charge < -0.3 is 15.2 Å². The maximum atomic E-state index is 11.4. The van der Waals surface area contributed by atoms with E-state index in [1.165, 1.54) is 27.7 Å². The SMILES string of the molecule is CNC(=O)CNCc1c(-c2ccccc2)n(C)c2ccccc12. The van der Waals surface area contributed by atoms with Gasteiger partial charge in [0.05, 0.1) is 12.2 Å². The van der Waals surface area contributed by atoms with Crippen LogP contribution >= 0.6 is 0 Å². The number of nitrogens with one attached hydrogen (secondary N) is 2. The first kappa shape index (κ1) is 15.3. The lowest BCUT2D eigenvalue weighted by atomic mass is 10.1. The predicted octanol–water partition coefficient (Wildman–Crippen LogP) is 2.68. The molecule has 0 unspecified atom stereocenters. The summed E-state index contributed by atoms with van der Waals surface area (Å²) < 4.78 is 2.22. The first-order valence-corrected chi connectivity index (χ1v) is 7.75. The van der Waals surface area contributed by atoms with E-state index in [1.807, 2.05) is 6.07 Å². The van der Waals surface area contributed by atoms with Gasteiger partial charge in [-0.2, -0.15) is 0 Å². The monoisotopic (exact) mass is 307 g/mol. The van der Waals surface area contributed by atoms with E-state index in [4.69, 9.17) is 0 Å². The fourth-order valence-electron chi connectivity index (χ4n) is 3.00. The Hall–Kier alpha value is -2.59. The van der Waals surface area contributed by atoms with Crippen LogP contribution in [0.25, 0.3) is 22.2 Å². The van der Waals surface area contributed by atoms with E-state index < -0.39 is 0 Å². The molecule has 0 aliphatic heterocycles. The molecule has 0 radical (unpaired) electrons. The summed E-state index contributed by atoms with van der Waals surface area (Å²) in [4.78, 5) is 11.4. The van der Waals surface area contributed by atoms with Crippen LogP contribution in [0, 0.1) is 0 Å². The second-order valence-corrected chi connectivity index (χ2v) is 5.55. The molecule has 1 heterocycles. The third kappa shape index (κ3) is 2.98. The predicted molar refractivity (Wildman–Crippen MR) is 94.1 cm³/mol. The van der Waals surface area contributed by atoms with Crippen molar-refractivity contribution in [1.29, 1.82) is 0 Å². The maximum Gasteiger partial charge on any atom is 0.233 e. The van der Waals surface area contributed by atoms with Crippen LogP contribution in [0.15, 0.2) is 54.6 Å². The van der Waals surface area contributed by atoms with Gasteiger partial charge in [0.15, 0.2) is 0 Å². The van der Waals surface area contributed by atoms with Crippen molar-refractivity contribution in [2.75, 3.05) is 13.6 Å². The van der Waals surface area contributed by atoms with Gasteiger partial charge in [-0.1, -0.05) is 48.5 Å². The third-order valence-corrected chi connectivity index (χ3v) is 4.13. The van der Waals surface area contributed by atoms with Gasteiger partial charge in [0.1, 0.15) is 0 Å². The molecular formula is C19H21N3O. The van der Waals surface area contributed by atoms with E-state index in [9.17, 15) is 4.79 Å². The standard InChI is InChI=1S/C19H21N3O/c1-20-18(23)13-21-12-16-15-10-6-7-11-17(15)22(2)19(16)14-8-4-3-5-9-14/h3-11,21H,12-13H2,1-2H3,(H,20,23). The molecule has 23 heavy (non-hydrogen) atoms. The molecule has 0 aliphatic rings. The molecule has 0 atom stereocenters. The summed E-state index contributed by atoms with van der Waals surface area (Å²) in [6.45, 7) is 0.965. The van der Waals surface area contributed by atoms with Gasteiger partial charge in [0.2, 0.25) is 5.91 Å². The van der Waals surface area contributed by atoms with Crippen molar-refractivity contribution < 1.29 is 4.79 Å². The summed E-state index contributed by atoms with van der Waals surface area (Å²) in [5.41, 5.74) is 4.79. The number of aromatic nitrogens is 1. The number of carbonyl (C=O) groups excluding carboxylic acids is 1. The highest BCUT2D eigenvalue weighted by Gasteiger charge is 2.16. The Morgan fingerprint density at radius 3 is 2.48 bits per heavy atom. The number of benzene rings is 2. The van der Waals surface area contributed by atoms with Gasteiger partial charge in [-0.05, 0) is 17.2 Å². The van der Waals surface area contributed by atoms with Crippen molar-refractivity contribution in [3.8, 4) is 11.3 Å². The molecular weight excluding hydrogens is 286 g/mol. The van der Waals surface area contributed by atoms with Crippen LogP contribution in [0.5, 0.6) is 0 Å². The lowest BCUT2D eigenvalue weighted by Gasteiger charge is -2.09. The molecule has 118 valence electrons. The molecule has 0 bridgehead atoms. The van der Waals surface area contributed by atoms with E-state index in [0.29, 0.717) is 13.1 Å². The molecule has 4 nitrogen and oxygen atoms in total. The van der Waals surface area contributed by atoms with Gasteiger partial charge in [0.25, 0.3) is 0 Å². The van der Waals surface area contributed by atoms with E-state index in [0.717, 1.165) is 0 Å². The van der Waals surface area contributed by atoms with Crippen LogP contribution in [0.4, 0.5) is 0 Å². The minimum atomic E-state index is -0.00787. The van der Waals surface area contributed by atoms with Crippen molar-refractivity contribution in [3.63, 3.8) is 0 Å². The molecule has 2 aromatic carbocycles. The molecule has 0 aliphatic carbocycles. The fraction of sp³-hybridized carbons (Fsp3) is 0.211. The topological polar surface area (TPSA) is 46.1 Å². The summed E-state index contributed by atoms with van der Waals surface area (Å²) in [5, 5.41) is 7.10. The first-order valence-electron chi connectivity index (χ1n) is 7.75. The van der Waals surface area contributed by atoms with E-state index in [1.54, 1.807) is 7.05 Å². The Labute approximate surface area is 136 Å². The third-order valence-electron chi connectivity index (χ3n) is 4.13. The highest BCUT2D eigenvalue weighted by atomic mass is 16.1. The number of para-hydroxylation sites is 1. The average Bonchev–Trinajstić information content (AvgIpc) is 2.88. The number of amides is 1. The van der Waals surface area contributed by atoms with Crippen LogP contribution in [-0.2, 0) is 18.4 Å². The van der Waals surface area contributed by atoms with Crippen LogP contribution in [0.2, 0.25) is 0 Å². The summed E-state index contributed by atoms with van der Waals surface area (Å²) in [7, 11) is 3.74. The second kappa shape index (κ2) is 6.67. The Morgan fingerprint density at radius 1 is 1.04 bits per heavy atom. The molecule has 0 fully saturated rings. The number of carbonyl (C=O) groups is 1. The molecule has 4 heteroatoms. The fourth-order valence-corrected chi connectivity index (χ4v) is 3.00. The molecule has 3 aromatic rings. The summed E-state index contributed by atoms with van der Waals surface area (Å²) in [5.74, 6) is -0.00787. The number of rotatable bonds is 5. The summed E-state index contributed by atoms with van der Waals surface area (Å²) in [6, 6.07) is 18.7. The minimum absolute atomic E-state index is 0.00787. The molecule has 1 aromatic heterocycles. The Balaban J connectivity index is 2.05. The van der Waals surface area contributed by atoms with Crippen molar-refractivity contribution in [3.05, 3.63) is 60.2 Å². The van der Waals surface area contributed by atoms with Crippen molar-refractivity contribution in [2.24, 2.45) is 7.05 Å². The van der Waals surface area contributed by atoms with Crippen molar-refractivity contribution >= 4 is 16.8 Å². The van der Waals surface area contributed by atoms with E-state index in [2.05, 4.69) is 70.8 Å². The van der Waals surface area contributed by atoms with Gasteiger partial charge in [-0.3, -0.25) is 4.79 Å². The normalized spacial score (nSPS) is 10.9. The van der Waals surface area contributed by atoms with Gasteiger partial charge in [-0.15, -0.1) is 0 Å². The van der Waals surface area contributed by atoms with Crippen molar-refractivity contribution in [2.45, 2.75) is 6.54 Å². The lowest BCUT2D eigenvalue weighted by molar-refractivity contribution is -0.119. The zero-order valence-electron chi connectivity index (χ0n) is 13.5. The zero-order chi connectivity index (χ0) is 16.2. The summed E-state index contributed by atoms with van der Waals surface area (Å²) >= 11 is 0. The summed E-state index contributed by atoms with van der Waals surface area (Å²) in [6.07, 6.45) is 0. The van der Waals surface area contributed by atoms with Crippen LogP contribution < -0.4 is 10.6 Å². The highest BCUT2D eigenvalue weighted by Crippen LogP contribution is 2.32. The van der Waals surface area contributed by atoms with Gasteiger partial charge >= 0.3 is 0 Å². The Morgan fingerprint density at radius 2 is 1.74 bits per heavy atom. The number of likely N-dealkylation sites (N-methyl/N-ethyl adjacent to an activating group) is 1. The molecule has 0 saturated heterocycles. The van der Waals surface area contributed by atoms with Crippen molar-refractivity contribution in [1.82, 2.24) is 15.2 Å². The lowest BCUT2D eigenvalue weighted by Crippen LogP contribution is -2.31. The zero-order valence-corrected chi connectivity index (χ0v) is 13.5. The molecule has 3 rings (SSSR count). The number of fused-ring (bicyclic) bond motifs is 1. The van der Waals surface area contributed by atoms with Crippen LogP contribution in [0.1, 0.15) is 5.56 Å². The van der Waals surface area contributed by atoms with Crippen LogP contribution in [-0.4, -0.2) is 24.1 Å². The number of hydrogen-bond donors (Lipinski definition) is 2.